The molecule has 0 N–H and O–H groups in total. The molecule has 0 bridgehead atoms. The lowest BCUT2D eigenvalue weighted by Gasteiger charge is -2.08. The average molecular weight is 347 g/mol. The number of hydrogen-bond donors (Lipinski definition) is 0. The zero-order chi connectivity index (χ0) is 15.7. The van der Waals surface area contributed by atoms with Crippen LogP contribution >= 0.6 is 22.4 Å². The monoisotopic (exact) mass is 346 g/mol. The lowest BCUT2D eigenvalue weighted by atomic mass is 10.2. The first kappa shape index (κ1) is 16.5. The zero-order valence-corrected chi connectivity index (χ0v) is 11.4. The van der Waals surface area contributed by atoms with Crippen LogP contribution in [-0.4, -0.2) is 18.8 Å². The van der Waals surface area contributed by atoms with Crippen molar-refractivity contribution in [2.45, 2.75) is 15.3 Å². The third kappa shape index (κ3) is 3.99. The topological polar surface area (TPSA) is 101 Å². The molecule has 0 saturated carbocycles. The Morgan fingerprint density at radius 2 is 1.95 bits per heavy atom. The Morgan fingerprint density at radius 3 is 2.30 bits per heavy atom. The van der Waals surface area contributed by atoms with Crippen LogP contribution in [0.5, 0.6) is 0 Å². The average Bonchev–Trinajstić information content (AvgIpc) is 2.24. The third-order valence-electron chi connectivity index (χ3n) is 1.87. The number of benzene rings is 1. The van der Waals surface area contributed by atoms with Gasteiger partial charge in [0.1, 0.15) is 11.6 Å². The first-order valence-electron chi connectivity index (χ1n) is 4.38. The van der Waals surface area contributed by atoms with E-state index in [4.69, 9.17) is 15.9 Å². The molecular weight excluding hydrogens is 345 g/mol. The molecule has 1 aromatic carbocycles. The van der Waals surface area contributed by atoms with Gasteiger partial charge in [-0.2, -0.15) is 18.4 Å². The molecule has 0 aliphatic carbocycles. The lowest BCUT2D eigenvalue weighted by molar-refractivity contribution is -0.385. The Labute approximate surface area is 118 Å². The van der Waals surface area contributed by atoms with Gasteiger partial charge in [0.2, 0.25) is 0 Å². The molecule has 1 rings (SSSR count). The Balaban J connectivity index is 3.68. The molecule has 0 spiro atoms. The molecule has 0 aliphatic rings. The number of hydrogen-bond acceptors (Lipinski definition) is 6. The van der Waals surface area contributed by atoms with Crippen LogP contribution in [-0.2, 0) is 9.05 Å². The van der Waals surface area contributed by atoms with Crippen molar-refractivity contribution in [3.8, 4) is 6.07 Å². The summed E-state index contributed by atoms with van der Waals surface area (Å²) in [5, 5.41) is 19.4. The number of nitro benzene ring substituents is 1. The van der Waals surface area contributed by atoms with E-state index in [1.54, 1.807) is 0 Å². The molecule has 0 radical (unpaired) electrons. The Hall–Kier alpha value is -1.51. The van der Waals surface area contributed by atoms with Crippen molar-refractivity contribution in [3.63, 3.8) is 0 Å². The van der Waals surface area contributed by atoms with Gasteiger partial charge in [-0.25, -0.2) is 8.42 Å². The van der Waals surface area contributed by atoms with E-state index >= 15 is 0 Å². The van der Waals surface area contributed by atoms with Crippen molar-refractivity contribution in [1.82, 2.24) is 0 Å². The second kappa shape index (κ2) is 5.47. The van der Waals surface area contributed by atoms with Gasteiger partial charge in [0.15, 0.2) is 0 Å². The van der Waals surface area contributed by atoms with Crippen LogP contribution in [0.25, 0.3) is 0 Å². The minimum Gasteiger partial charge on any atom is -0.258 e. The number of thioether (sulfide) groups is 1. The summed E-state index contributed by atoms with van der Waals surface area (Å²) >= 11 is -0.836. The molecule has 0 fully saturated rings. The third-order valence-corrected chi connectivity index (χ3v) is 3.98. The number of alkyl halides is 3. The Bertz CT molecular complexity index is 712. The second-order valence-corrected chi connectivity index (χ2v) is 6.84. The van der Waals surface area contributed by atoms with Gasteiger partial charge in [0.05, 0.1) is 9.82 Å². The van der Waals surface area contributed by atoms with E-state index in [9.17, 15) is 31.7 Å². The molecule has 0 atom stereocenters. The maximum atomic E-state index is 12.3. The van der Waals surface area contributed by atoms with Crippen molar-refractivity contribution >= 4 is 37.2 Å². The molecule has 0 saturated heterocycles. The second-order valence-electron chi connectivity index (χ2n) is 3.17. The molecule has 1 aromatic rings. The van der Waals surface area contributed by atoms with Gasteiger partial charge in [-0.1, -0.05) is 0 Å². The van der Waals surface area contributed by atoms with Crippen LogP contribution < -0.4 is 0 Å². The highest BCUT2D eigenvalue weighted by Crippen LogP contribution is 2.42. The maximum Gasteiger partial charge on any atom is 0.446 e. The highest BCUT2D eigenvalue weighted by molar-refractivity contribution is 8.13. The van der Waals surface area contributed by atoms with Crippen LogP contribution in [0.2, 0.25) is 0 Å². The summed E-state index contributed by atoms with van der Waals surface area (Å²) in [4.78, 5) is 7.74. The molecule has 0 unspecified atom stereocenters. The fraction of sp³-hybridized carbons (Fsp3) is 0.125. The first-order chi connectivity index (χ1) is 8.95. The van der Waals surface area contributed by atoms with Gasteiger partial charge in [-0.3, -0.25) is 10.1 Å². The molecule has 0 aliphatic heterocycles. The van der Waals surface area contributed by atoms with Gasteiger partial charge in [-0.15, -0.1) is 0 Å². The normalized spacial score (nSPS) is 11.9. The first-order valence-corrected chi connectivity index (χ1v) is 7.51. The smallest absolute Gasteiger partial charge is 0.258 e. The fourth-order valence-corrected chi connectivity index (χ4v) is 2.72. The number of rotatable bonds is 3. The van der Waals surface area contributed by atoms with Crippen LogP contribution in [0.15, 0.2) is 21.9 Å². The summed E-state index contributed by atoms with van der Waals surface area (Å²) in [6, 6.07) is 2.14. The maximum absolute atomic E-state index is 12.3. The van der Waals surface area contributed by atoms with Crippen molar-refractivity contribution in [2.75, 3.05) is 0 Å². The van der Waals surface area contributed by atoms with Gasteiger partial charge in [0, 0.05) is 21.6 Å². The van der Waals surface area contributed by atoms with Crippen LogP contribution in [0, 0.1) is 21.4 Å². The molecule has 0 amide bonds. The summed E-state index contributed by atoms with van der Waals surface area (Å²) < 4.78 is 59.1. The van der Waals surface area contributed by atoms with E-state index in [2.05, 4.69) is 0 Å². The van der Waals surface area contributed by atoms with Gasteiger partial charge < -0.3 is 0 Å². The van der Waals surface area contributed by atoms with Crippen molar-refractivity contribution in [1.29, 1.82) is 5.26 Å². The molecule has 6 nitrogen and oxygen atoms in total. The van der Waals surface area contributed by atoms with E-state index < -0.39 is 52.3 Å². The summed E-state index contributed by atoms with van der Waals surface area (Å²) in [5.41, 5.74) is -6.81. The Kier molecular flexibility index (Phi) is 4.52. The van der Waals surface area contributed by atoms with Gasteiger partial charge in [0.25, 0.3) is 14.7 Å². The predicted molar refractivity (Wildman–Crippen MR) is 62.8 cm³/mol. The summed E-state index contributed by atoms with van der Waals surface area (Å²) in [6.07, 6.45) is 0. The minimum absolute atomic E-state index is 0.432. The fourth-order valence-electron chi connectivity index (χ4n) is 1.18. The summed E-state index contributed by atoms with van der Waals surface area (Å²) in [5.74, 6) is 0. The van der Waals surface area contributed by atoms with Crippen molar-refractivity contribution in [3.05, 3.63) is 27.8 Å². The number of nitriles is 1. The van der Waals surface area contributed by atoms with Crippen molar-refractivity contribution < 1.29 is 26.5 Å². The van der Waals surface area contributed by atoms with Crippen LogP contribution in [0.3, 0.4) is 0 Å². The van der Waals surface area contributed by atoms with Gasteiger partial charge in [-0.05, 0) is 17.8 Å². The molecule has 20 heavy (non-hydrogen) atoms. The Morgan fingerprint density at radius 1 is 1.40 bits per heavy atom. The van der Waals surface area contributed by atoms with E-state index in [0.717, 1.165) is 0 Å². The van der Waals surface area contributed by atoms with Crippen molar-refractivity contribution in [2.24, 2.45) is 0 Å². The zero-order valence-electron chi connectivity index (χ0n) is 9.01. The highest BCUT2D eigenvalue weighted by Gasteiger charge is 2.34. The number of halogens is 4. The van der Waals surface area contributed by atoms with Crippen LogP contribution in [0.1, 0.15) is 5.56 Å². The number of nitro groups is 1. The minimum atomic E-state index is -4.85. The van der Waals surface area contributed by atoms with Crippen LogP contribution in [0.4, 0.5) is 18.9 Å². The molecule has 108 valence electrons. The summed E-state index contributed by atoms with van der Waals surface area (Å²) in [7, 11) is 0.466. The van der Waals surface area contributed by atoms with Gasteiger partial charge >= 0.3 is 5.51 Å². The quantitative estimate of drug-likeness (QED) is 0.361. The summed E-state index contributed by atoms with van der Waals surface area (Å²) in [6.45, 7) is 0. The number of nitrogens with zero attached hydrogens (tertiary/aromatic N) is 2. The largest absolute Gasteiger partial charge is 0.446 e. The van der Waals surface area contributed by atoms with E-state index in [0.29, 0.717) is 12.1 Å². The molecule has 12 heteroatoms. The molecule has 0 aromatic heterocycles. The molecule has 0 heterocycles. The van der Waals surface area contributed by atoms with E-state index in [1.165, 1.54) is 6.07 Å². The van der Waals surface area contributed by atoms with E-state index in [-0.39, 0.29) is 0 Å². The standard InChI is InChI=1S/C8H2ClF3N2O4S2/c9-20(17,18)4-1-6(14(15)16)5(3-13)7(2-4)19-8(10,11)12/h1-2H. The van der Waals surface area contributed by atoms with E-state index in [1.807, 2.05) is 0 Å². The SMILES string of the molecule is N#Cc1c(SC(F)(F)F)cc(S(=O)(=O)Cl)cc1[N+](=O)[O-]. The molecular formula is C8H2ClF3N2O4S2. The predicted octanol–water partition coefficient (Wildman–Crippen LogP) is 3.01. The highest BCUT2D eigenvalue weighted by atomic mass is 35.7. The lowest BCUT2D eigenvalue weighted by Crippen LogP contribution is -2.04.